The van der Waals surface area contributed by atoms with Gasteiger partial charge in [0.05, 0.1) is 24.0 Å². The number of halogens is 1. The van der Waals surface area contributed by atoms with Crippen molar-refractivity contribution in [1.29, 1.82) is 0 Å². The van der Waals surface area contributed by atoms with E-state index in [2.05, 4.69) is 21.7 Å². The summed E-state index contributed by atoms with van der Waals surface area (Å²) in [7, 11) is 1.67. The number of ether oxygens (including phenoxy) is 1. The van der Waals surface area contributed by atoms with Gasteiger partial charge in [-0.05, 0) is 17.7 Å². The van der Waals surface area contributed by atoms with Crippen molar-refractivity contribution in [3.63, 3.8) is 0 Å². The highest BCUT2D eigenvalue weighted by atomic mass is 35.5. The quantitative estimate of drug-likeness (QED) is 0.682. The first kappa shape index (κ1) is 13.0. The number of imidazole rings is 1. The molecule has 0 aliphatic rings. The van der Waals surface area contributed by atoms with Crippen LogP contribution in [0.15, 0.2) is 48.5 Å². The minimum Gasteiger partial charge on any atom is -0.497 e. The fourth-order valence-electron chi connectivity index (χ4n) is 2.32. The van der Waals surface area contributed by atoms with Crippen LogP contribution in [0.4, 0.5) is 0 Å². The predicted molar refractivity (Wildman–Crippen MR) is 81.4 cm³/mol. The zero-order chi connectivity index (χ0) is 13.9. The molecule has 0 aliphatic carbocycles. The number of rotatable bonds is 4. The van der Waals surface area contributed by atoms with Crippen molar-refractivity contribution in [1.82, 2.24) is 9.55 Å². The van der Waals surface area contributed by atoms with Crippen LogP contribution < -0.4 is 4.74 Å². The van der Waals surface area contributed by atoms with Gasteiger partial charge in [-0.2, -0.15) is 0 Å². The van der Waals surface area contributed by atoms with Gasteiger partial charge in [0.15, 0.2) is 0 Å². The molecule has 0 N–H and O–H groups in total. The van der Waals surface area contributed by atoms with Crippen molar-refractivity contribution in [2.24, 2.45) is 0 Å². The SMILES string of the molecule is COc1ccc2nc(CCl)n(Cc3ccccc3)c2c1. The van der Waals surface area contributed by atoms with Crippen LogP contribution in [0, 0.1) is 0 Å². The van der Waals surface area contributed by atoms with Crippen LogP contribution in [-0.4, -0.2) is 16.7 Å². The van der Waals surface area contributed by atoms with E-state index >= 15 is 0 Å². The lowest BCUT2D eigenvalue weighted by Crippen LogP contribution is -2.03. The molecular weight excluding hydrogens is 272 g/mol. The summed E-state index contributed by atoms with van der Waals surface area (Å²) in [5, 5.41) is 0. The van der Waals surface area contributed by atoms with Crippen LogP contribution in [0.3, 0.4) is 0 Å². The normalized spacial score (nSPS) is 10.9. The summed E-state index contributed by atoms with van der Waals surface area (Å²) in [6.07, 6.45) is 0. The minimum absolute atomic E-state index is 0.393. The number of hydrogen-bond acceptors (Lipinski definition) is 2. The van der Waals surface area contributed by atoms with Crippen LogP contribution in [0.1, 0.15) is 11.4 Å². The standard InChI is InChI=1S/C16H15ClN2O/c1-20-13-7-8-14-15(9-13)19(16(10-17)18-14)11-12-5-3-2-4-6-12/h2-9H,10-11H2,1H3. The molecule has 1 aromatic heterocycles. The van der Waals surface area contributed by atoms with Crippen molar-refractivity contribution < 1.29 is 4.74 Å². The van der Waals surface area contributed by atoms with Crippen molar-refractivity contribution in [3.8, 4) is 5.75 Å². The molecular formula is C16H15ClN2O. The summed E-state index contributed by atoms with van der Waals surface area (Å²) in [5.41, 5.74) is 3.21. The molecule has 0 radical (unpaired) electrons. The number of nitrogens with zero attached hydrogens (tertiary/aromatic N) is 2. The second kappa shape index (κ2) is 5.55. The summed E-state index contributed by atoms with van der Waals surface area (Å²) >= 11 is 6.03. The van der Waals surface area contributed by atoms with E-state index in [9.17, 15) is 0 Å². The van der Waals surface area contributed by atoms with Crippen molar-refractivity contribution in [2.45, 2.75) is 12.4 Å². The molecule has 0 saturated carbocycles. The molecule has 3 aromatic rings. The van der Waals surface area contributed by atoms with Gasteiger partial charge in [0, 0.05) is 12.6 Å². The van der Waals surface area contributed by atoms with Gasteiger partial charge in [0.25, 0.3) is 0 Å². The van der Waals surface area contributed by atoms with E-state index in [1.807, 2.05) is 36.4 Å². The lowest BCUT2D eigenvalue weighted by molar-refractivity contribution is 0.415. The first-order valence-corrected chi connectivity index (χ1v) is 6.98. The molecule has 0 bridgehead atoms. The average molecular weight is 287 g/mol. The predicted octanol–water partition coefficient (Wildman–Crippen LogP) is 3.83. The largest absolute Gasteiger partial charge is 0.497 e. The number of alkyl halides is 1. The van der Waals surface area contributed by atoms with Crippen LogP contribution in [-0.2, 0) is 12.4 Å². The van der Waals surface area contributed by atoms with Gasteiger partial charge in [0.1, 0.15) is 11.6 Å². The number of benzene rings is 2. The summed E-state index contributed by atoms with van der Waals surface area (Å²) < 4.78 is 7.44. The van der Waals surface area contributed by atoms with Gasteiger partial charge in [-0.15, -0.1) is 11.6 Å². The molecule has 0 atom stereocenters. The Morgan fingerprint density at radius 3 is 2.65 bits per heavy atom. The summed E-state index contributed by atoms with van der Waals surface area (Å²) in [4.78, 5) is 4.58. The monoisotopic (exact) mass is 286 g/mol. The topological polar surface area (TPSA) is 27.1 Å². The molecule has 1 heterocycles. The Kier molecular flexibility index (Phi) is 3.61. The second-order valence-corrected chi connectivity index (χ2v) is 4.86. The van der Waals surface area contributed by atoms with E-state index in [-0.39, 0.29) is 0 Å². The zero-order valence-electron chi connectivity index (χ0n) is 11.2. The molecule has 4 heteroatoms. The fourth-order valence-corrected chi connectivity index (χ4v) is 2.53. The molecule has 2 aromatic carbocycles. The van der Waals surface area contributed by atoms with E-state index in [0.717, 1.165) is 29.2 Å². The Balaban J connectivity index is 2.11. The van der Waals surface area contributed by atoms with Gasteiger partial charge in [-0.1, -0.05) is 30.3 Å². The highest BCUT2D eigenvalue weighted by Crippen LogP contribution is 2.23. The summed E-state index contributed by atoms with van der Waals surface area (Å²) in [6.45, 7) is 0.757. The van der Waals surface area contributed by atoms with Crippen LogP contribution in [0.25, 0.3) is 11.0 Å². The molecule has 0 aliphatic heterocycles. The third-order valence-corrected chi connectivity index (χ3v) is 3.58. The Morgan fingerprint density at radius 1 is 1.15 bits per heavy atom. The molecule has 20 heavy (non-hydrogen) atoms. The Morgan fingerprint density at radius 2 is 1.95 bits per heavy atom. The lowest BCUT2D eigenvalue weighted by Gasteiger charge is -2.08. The highest BCUT2D eigenvalue weighted by molar-refractivity contribution is 6.16. The Bertz CT molecular complexity index is 722. The maximum atomic E-state index is 6.03. The lowest BCUT2D eigenvalue weighted by atomic mass is 10.2. The minimum atomic E-state index is 0.393. The summed E-state index contributed by atoms with van der Waals surface area (Å²) in [6, 6.07) is 16.2. The van der Waals surface area contributed by atoms with E-state index in [0.29, 0.717) is 5.88 Å². The fraction of sp³-hybridized carbons (Fsp3) is 0.188. The molecule has 0 unspecified atom stereocenters. The zero-order valence-corrected chi connectivity index (χ0v) is 12.0. The van der Waals surface area contributed by atoms with Crippen LogP contribution in [0.2, 0.25) is 0 Å². The molecule has 0 fully saturated rings. The summed E-state index contributed by atoms with van der Waals surface area (Å²) in [5.74, 6) is 2.09. The first-order chi connectivity index (χ1) is 9.81. The van der Waals surface area contributed by atoms with Crippen LogP contribution in [0.5, 0.6) is 5.75 Å². The number of methoxy groups -OCH3 is 1. The number of hydrogen-bond donors (Lipinski definition) is 0. The maximum Gasteiger partial charge on any atom is 0.125 e. The Hall–Kier alpha value is -2.00. The van der Waals surface area contributed by atoms with Gasteiger partial charge >= 0.3 is 0 Å². The smallest absolute Gasteiger partial charge is 0.125 e. The van der Waals surface area contributed by atoms with E-state index in [1.54, 1.807) is 7.11 Å². The number of fused-ring (bicyclic) bond motifs is 1. The van der Waals surface area contributed by atoms with Crippen molar-refractivity contribution >= 4 is 22.6 Å². The van der Waals surface area contributed by atoms with Gasteiger partial charge < -0.3 is 9.30 Å². The van der Waals surface area contributed by atoms with Gasteiger partial charge in [0.2, 0.25) is 0 Å². The van der Waals surface area contributed by atoms with Crippen molar-refractivity contribution in [2.75, 3.05) is 7.11 Å². The molecule has 102 valence electrons. The average Bonchev–Trinajstić information content (AvgIpc) is 2.85. The molecule has 0 spiro atoms. The van der Waals surface area contributed by atoms with Gasteiger partial charge in [-0.3, -0.25) is 0 Å². The molecule has 3 rings (SSSR count). The van der Waals surface area contributed by atoms with E-state index in [4.69, 9.17) is 16.3 Å². The van der Waals surface area contributed by atoms with E-state index < -0.39 is 0 Å². The maximum absolute atomic E-state index is 6.03. The van der Waals surface area contributed by atoms with Crippen molar-refractivity contribution in [3.05, 3.63) is 59.9 Å². The molecule has 0 saturated heterocycles. The second-order valence-electron chi connectivity index (χ2n) is 4.59. The number of aromatic nitrogens is 2. The third-order valence-electron chi connectivity index (χ3n) is 3.34. The molecule has 0 amide bonds. The third kappa shape index (κ3) is 2.37. The highest BCUT2D eigenvalue weighted by Gasteiger charge is 2.11. The Labute approximate surface area is 122 Å². The molecule has 3 nitrogen and oxygen atoms in total. The van der Waals surface area contributed by atoms with E-state index in [1.165, 1.54) is 5.56 Å². The first-order valence-electron chi connectivity index (χ1n) is 6.45. The van der Waals surface area contributed by atoms with Gasteiger partial charge in [-0.25, -0.2) is 4.98 Å². The van der Waals surface area contributed by atoms with Crippen LogP contribution >= 0.6 is 11.6 Å².